The number of aryl methyl sites for hydroxylation is 1. The van der Waals surface area contributed by atoms with Gasteiger partial charge in [0.25, 0.3) is 0 Å². The molecular weight excluding hydrogens is 374 g/mol. The number of likely N-dealkylation sites (tertiary alicyclic amines) is 1. The largest absolute Gasteiger partial charge is 0.358 e. The van der Waals surface area contributed by atoms with E-state index in [9.17, 15) is 0 Å². The van der Waals surface area contributed by atoms with E-state index >= 15 is 0 Å². The normalized spacial score (nSPS) is 18.5. The SMILES string of the molecule is C=C1Nc2ccc(Cl)cc2C12CCN(CCCc1ccc(SC)nc1)CC2. The smallest absolute Gasteiger partial charge is 0.0957 e. The predicted octanol–water partition coefficient (Wildman–Crippen LogP) is 5.36. The summed E-state index contributed by atoms with van der Waals surface area (Å²) in [5.41, 5.74) is 5.03. The molecule has 1 N–H and O–H groups in total. The van der Waals surface area contributed by atoms with Gasteiger partial charge in [0, 0.05) is 28.0 Å². The molecule has 0 atom stereocenters. The first-order valence-corrected chi connectivity index (χ1v) is 11.2. The third-order valence-corrected chi connectivity index (χ3v) is 6.91. The zero-order valence-electron chi connectivity index (χ0n) is 15.8. The van der Waals surface area contributed by atoms with Crippen molar-refractivity contribution in [3.8, 4) is 0 Å². The van der Waals surface area contributed by atoms with E-state index in [1.54, 1.807) is 11.8 Å². The van der Waals surface area contributed by atoms with Gasteiger partial charge in [-0.1, -0.05) is 24.2 Å². The van der Waals surface area contributed by atoms with Crippen LogP contribution in [0.1, 0.15) is 30.4 Å². The molecule has 5 heteroatoms. The Hall–Kier alpha value is -1.49. The van der Waals surface area contributed by atoms with Gasteiger partial charge in [0.1, 0.15) is 0 Å². The van der Waals surface area contributed by atoms with Crippen LogP contribution in [0.4, 0.5) is 5.69 Å². The van der Waals surface area contributed by atoms with Crippen LogP contribution in [-0.2, 0) is 11.8 Å². The summed E-state index contributed by atoms with van der Waals surface area (Å²) in [6.45, 7) is 7.69. The fourth-order valence-corrected chi connectivity index (χ4v) is 4.92. The highest BCUT2D eigenvalue weighted by Crippen LogP contribution is 2.50. The lowest BCUT2D eigenvalue weighted by molar-refractivity contribution is 0.179. The first-order valence-electron chi connectivity index (χ1n) is 9.58. The van der Waals surface area contributed by atoms with Crippen LogP contribution in [0.3, 0.4) is 0 Å². The molecule has 0 saturated carbocycles. The summed E-state index contributed by atoms with van der Waals surface area (Å²) in [4.78, 5) is 7.06. The van der Waals surface area contributed by atoms with Gasteiger partial charge < -0.3 is 10.2 Å². The summed E-state index contributed by atoms with van der Waals surface area (Å²) in [6, 6.07) is 10.5. The number of nitrogens with zero attached hydrogens (tertiary/aromatic N) is 2. The van der Waals surface area contributed by atoms with E-state index in [0.29, 0.717) is 0 Å². The van der Waals surface area contributed by atoms with Crippen LogP contribution in [-0.4, -0.2) is 35.8 Å². The quantitative estimate of drug-likeness (QED) is 0.685. The van der Waals surface area contributed by atoms with Crippen molar-refractivity contribution in [1.82, 2.24) is 9.88 Å². The maximum atomic E-state index is 6.27. The number of pyridine rings is 1. The Labute approximate surface area is 171 Å². The summed E-state index contributed by atoms with van der Waals surface area (Å²) < 4.78 is 0. The number of fused-ring (bicyclic) bond motifs is 2. The number of rotatable bonds is 5. The van der Waals surface area contributed by atoms with Crippen molar-refractivity contribution >= 4 is 29.1 Å². The average molecular weight is 400 g/mol. The summed E-state index contributed by atoms with van der Waals surface area (Å²) in [5.74, 6) is 0. The molecule has 2 aliphatic heterocycles. The number of aromatic nitrogens is 1. The molecule has 0 aliphatic carbocycles. The van der Waals surface area contributed by atoms with E-state index in [2.05, 4.69) is 52.3 Å². The maximum Gasteiger partial charge on any atom is 0.0957 e. The standard InChI is InChI=1S/C22H26ClN3S/c1-16-22(19-14-18(23)6-7-20(19)25-16)9-12-26(13-10-22)11-3-4-17-5-8-21(27-2)24-15-17/h5-8,14-15,25H,1,3-4,9-13H2,2H3. The van der Waals surface area contributed by atoms with Gasteiger partial charge in [-0.2, -0.15) is 0 Å². The van der Waals surface area contributed by atoms with Crippen molar-refractivity contribution in [3.63, 3.8) is 0 Å². The van der Waals surface area contributed by atoms with Gasteiger partial charge in [-0.25, -0.2) is 4.98 Å². The van der Waals surface area contributed by atoms with Crippen LogP contribution < -0.4 is 5.32 Å². The molecule has 1 spiro atoms. The lowest BCUT2D eigenvalue weighted by Crippen LogP contribution is -2.43. The lowest BCUT2D eigenvalue weighted by atomic mass is 9.72. The highest BCUT2D eigenvalue weighted by molar-refractivity contribution is 7.98. The highest BCUT2D eigenvalue weighted by atomic mass is 35.5. The van der Waals surface area contributed by atoms with Crippen molar-refractivity contribution in [2.45, 2.75) is 36.1 Å². The number of benzene rings is 1. The number of halogens is 1. The molecule has 1 aromatic heterocycles. The first kappa shape index (κ1) is 18.9. The molecule has 1 aromatic carbocycles. The first-order chi connectivity index (χ1) is 13.1. The summed E-state index contributed by atoms with van der Waals surface area (Å²) in [6.07, 6.45) is 8.56. The minimum absolute atomic E-state index is 0.0499. The number of allylic oxidation sites excluding steroid dienone is 1. The molecule has 2 aliphatic rings. The van der Waals surface area contributed by atoms with Gasteiger partial charge in [0.2, 0.25) is 0 Å². The molecule has 1 fully saturated rings. The van der Waals surface area contributed by atoms with Crippen LogP contribution in [0.5, 0.6) is 0 Å². The average Bonchev–Trinajstić information content (AvgIpc) is 2.95. The Morgan fingerprint density at radius 2 is 2.07 bits per heavy atom. The molecule has 0 radical (unpaired) electrons. The Balaban J connectivity index is 1.33. The fourth-order valence-electron chi connectivity index (χ4n) is 4.38. The van der Waals surface area contributed by atoms with Gasteiger partial charge in [-0.05, 0) is 87.0 Å². The Kier molecular flexibility index (Phi) is 5.49. The molecule has 2 aromatic rings. The van der Waals surface area contributed by atoms with Crippen LogP contribution in [0, 0.1) is 0 Å². The number of nitrogens with one attached hydrogen (secondary N) is 1. The van der Waals surface area contributed by atoms with Gasteiger partial charge in [0.05, 0.1) is 5.03 Å². The van der Waals surface area contributed by atoms with Crippen LogP contribution >= 0.6 is 23.4 Å². The summed E-state index contributed by atoms with van der Waals surface area (Å²) >= 11 is 7.96. The molecule has 1 saturated heterocycles. The van der Waals surface area contributed by atoms with E-state index in [1.807, 2.05) is 12.3 Å². The molecule has 4 rings (SSSR count). The van der Waals surface area contributed by atoms with E-state index in [-0.39, 0.29) is 5.41 Å². The number of piperidine rings is 1. The maximum absolute atomic E-state index is 6.27. The minimum Gasteiger partial charge on any atom is -0.358 e. The molecule has 27 heavy (non-hydrogen) atoms. The number of anilines is 1. The number of hydrogen-bond acceptors (Lipinski definition) is 4. The second kappa shape index (κ2) is 7.86. The van der Waals surface area contributed by atoms with Gasteiger partial charge >= 0.3 is 0 Å². The minimum atomic E-state index is 0.0499. The van der Waals surface area contributed by atoms with Crippen molar-refractivity contribution in [2.75, 3.05) is 31.2 Å². The molecule has 3 nitrogen and oxygen atoms in total. The highest BCUT2D eigenvalue weighted by Gasteiger charge is 2.44. The van der Waals surface area contributed by atoms with Crippen molar-refractivity contribution in [1.29, 1.82) is 0 Å². The molecule has 0 unspecified atom stereocenters. The fraction of sp³-hybridized carbons (Fsp3) is 0.409. The van der Waals surface area contributed by atoms with Crippen molar-refractivity contribution in [2.24, 2.45) is 0 Å². The Morgan fingerprint density at radius 1 is 1.26 bits per heavy atom. The second-order valence-electron chi connectivity index (χ2n) is 7.53. The molecule has 3 heterocycles. The van der Waals surface area contributed by atoms with Crippen LogP contribution in [0.2, 0.25) is 5.02 Å². The van der Waals surface area contributed by atoms with Crippen molar-refractivity contribution < 1.29 is 0 Å². The molecule has 142 valence electrons. The Morgan fingerprint density at radius 3 is 2.78 bits per heavy atom. The second-order valence-corrected chi connectivity index (χ2v) is 8.79. The van der Waals surface area contributed by atoms with Crippen molar-refractivity contribution in [3.05, 3.63) is 65.0 Å². The monoisotopic (exact) mass is 399 g/mol. The number of hydrogen-bond donors (Lipinski definition) is 1. The van der Waals surface area contributed by atoms with E-state index < -0.39 is 0 Å². The third-order valence-electron chi connectivity index (χ3n) is 6.02. The summed E-state index contributed by atoms with van der Waals surface area (Å²) in [5, 5.41) is 5.40. The predicted molar refractivity (Wildman–Crippen MR) is 116 cm³/mol. The Bertz CT molecular complexity index is 826. The van der Waals surface area contributed by atoms with Gasteiger partial charge in [0.15, 0.2) is 0 Å². The van der Waals surface area contributed by atoms with E-state index in [4.69, 9.17) is 11.6 Å². The lowest BCUT2D eigenvalue weighted by Gasteiger charge is -2.40. The molecular formula is C22H26ClN3S. The third kappa shape index (κ3) is 3.75. The molecule has 0 bridgehead atoms. The van der Waals surface area contributed by atoms with Gasteiger partial charge in [-0.15, -0.1) is 11.8 Å². The van der Waals surface area contributed by atoms with Crippen LogP contribution in [0.15, 0.2) is 53.8 Å². The molecule has 0 amide bonds. The zero-order chi connectivity index (χ0) is 18.9. The van der Waals surface area contributed by atoms with Crippen LogP contribution in [0.25, 0.3) is 0 Å². The number of thioether (sulfide) groups is 1. The topological polar surface area (TPSA) is 28.2 Å². The summed E-state index contributed by atoms with van der Waals surface area (Å²) in [7, 11) is 0. The van der Waals surface area contributed by atoms with E-state index in [1.165, 1.54) is 23.2 Å². The van der Waals surface area contributed by atoms with E-state index in [0.717, 1.165) is 54.6 Å². The zero-order valence-corrected chi connectivity index (χ0v) is 17.4. The van der Waals surface area contributed by atoms with Gasteiger partial charge in [-0.3, -0.25) is 0 Å².